The van der Waals surface area contributed by atoms with E-state index in [9.17, 15) is 4.79 Å². The zero-order chi connectivity index (χ0) is 46.2. The highest BCUT2D eigenvalue weighted by atomic mass is 16.5. The Morgan fingerprint density at radius 2 is 0.695 bits per heavy atom. The molecule has 0 aromatic carbocycles. The average molecular weight is 845 g/mol. The van der Waals surface area contributed by atoms with E-state index in [1.165, 1.54) is 6.92 Å². The topological polar surface area (TPSA) is 121 Å². The summed E-state index contributed by atoms with van der Waals surface area (Å²) in [4.78, 5) is 10.9. The smallest absolute Gasteiger partial charge is 0.302 e. The van der Waals surface area contributed by atoms with Crippen molar-refractivity contribution in [2.24, 2.45) is 0 Å². The van der Waals surface area contributed by atoms with Crippen molar-refractivity contribution in [3.63, 3.8) is 0 Å². The number of esters is 1. The van der Waals surface area contributed by atoms with Crippen LogP contribution in [0, 0.1) is 0 Å². The molecule has 4 heterocycles. The molecule has 0 aliphatic carbocycles. The van der Waals surface area contributed by atoms with Crippen LogP contribution in [0.3, 0.4) is 0 Å². The van der Waals surface area contributed by atoms with Crippen molar-refractivity contribution in [1.82, 2.24) is 21.3 Å². The quantitative estimate of drug-likeness (QED) is 0.118. The van der Waals surface area contributed by atoms with Crippen LogP contribution in [0.5, 0.6) is 0 Å². The lowest BCUT2D eigenvalue weighted by Crippen LogP contribution is -2.59. The first-order chi connectivity index (χ1) is 26.7. The number of ether oxygens (including phenoxy) is 6. The van der Waals surface area contributed by atoms with Crippen molar-refractivity contribution in [2.45, 2.75) is 258 Å². The lowest BCUT2D eigenvalue weighted by molar-refractivity contribution is -0.150. The molecule has 4 aliphatic heterocycles. The summed E-state index contributed by atoms with van der Waals surface area (Å²) >= 11 is 0. The van der Waals surface area contributed by atoms with Crippen molar-refractivity contribution in [1.29, 1.82) is 0 Å². The van der Waals surface area contributed by atoms with E-state index < -0.39 is 0 Å². The Kier molecular flexibility index (Phi) is 24.4. The first-order valence-electron chi connectivity index (χ1n) is 22.8. The SMILES string of the molecule is CC.CC(=O)OC1CC(C)(C)NC(C)(C)C1.COC1CC(C)(C)NC(C)(C)C1.COCCCOC1CC(C)(C)NC(C)(C)C1.COCCOC1CC(C)(C)NC(C)(C)C1. The van der Waals surface area contributed by atoms with Gasteiger partial charge in [0.25, 0.3) is 0 Å². The summed E-state index contributed by atoms with van der Waals surface area (Å²) in [7, 11) is 5.25. The van der Waals surface area contributed by atoms with E-state index >= 15 is 0 Å². The molecule has 11 heteroatoms. The molecule has 4 fully saturated rings. The fourth-order valence-electron chi connectivity index (χ4n) is 10.4. The van der Waals surface area contributed by atoms with Gasteiger partial charge in [-0.1, -0.05) is 13.8 Å². The molecule has 0 spiro atoms. The third kappa shape index (κ3) is 27.0. The molecule has 4 aliphatic rings. The minimum Gasteiger partial charge on any atom is -0.462 e. The highest BCUT2D eigenvalue weighted by molar-refractivity contribution is 5.66. The van der Waals surface area contributed by atoms with Gasteiger partial charge in [0.05, 0.1) is 31.5 Å². The van der Waals surface area contributed by atoms with Gasteiger partial charge in [0, 0.05) is 98.6 Å². The maximum absolute atomic E-state index is 10.9. The van der Waals surface area contributed by atoms with Crippen molar-refractivity contribution in [3.05, 3.63) is 0 Å². The van der Waals surface area contributed by atoms with Gasteiger partial charge in [-0.05, 0) is 156 Å². The number of carbonyl (C=O) groups excluding carboxylic acids is 1. The first-order valence-corrected chi connectivity index (χ1v) is 22.8. The molecular formula is C48H100N4O7. The van der Waals surface area contributed by atoms with Gasteiger partial charge in [0.2, 0.25) is 0 Å². The molecule has 0 aromatic rings. The highest BCUT2D eigenvalue weighted by Gasteiger charge is 2.41. The fourth-order valence-corrected chi connectivity index (χ4v) is 10.4. The number of piperidine rings is 4. The van der Waals surface area contributed by atoms with Crippen LogP contribution in [-0.4, -0.2) is 122 Å². The molecule has 0 aromatic heterocycles. The van der Waals surface area contributed by atoms with Crippen LogP contribution in [0.1, 0.15) is 189 Å². The number of hydrogen-bond acceptors (Lipinski definition) is 11. The minimum absolute atomic E-state index is 0.0435. The van der Waals surface area contributed by atoms with Crippen LogP contribution in [0.25, 0.3) is 0 Å². The Morgan fingerprint density at radius 3 is 0.966 bits per heavy atom. The van der Waals surface area contributed by atoms with Gasteiger partial charge >= 0.3 is 5.97 Å². The molecule has 0 saturated carbocycles. The fraction of sp³-hybridized carbons (Fsp3) is 0.979. The summed E-state index contributed by atoms with van der Waals surface area (Å²) in [6, 6.07) is 0. The second-order valence-electron chi connectivity index (χ2n) is 22.6. The predicted molar refractivity (Wildman–Crippen MR) is 248 cm³/mol. The van der Waals surface area contributed by atoms with Gasteiger partial charge in [0.1, 0.15) is 6.10 Å². The van der Waals surface area contributed by atoms with E-state index in [0.29, 0.717) is 31.5 Å². The van der Waals surface area contributed by atoms with E-state index in [4.69, 9.17) is 28.4 Å². The van der Waals surface area contributed by atoms with E-state index in [-0.39, 0.29) is 56.4 Å². The van der Waals surface area contributed by atoms with Crippen molar-refractivity contribution in [3.8, 4) is 0 Å². The summed E-state index contributed by atoms with van der Waals surface area (Å²) in [5.41, 5.74) is 1.19. The van der Waals surface area contributed by atoms with Gasteiger partial charge in [-0.15, -0.1) is 0 Å². The maximum atomic E-state index is 10.9. The van der Waals surface area contributed by atoms with Gasteiger partial charge in [0.15, 0.2) is 0 Å². The van der Waals surface area contributed by atoms with E-state index in [2.05, 4.69) is 132 Å². The molecule has 0 unspecified atom stereocenters. The van der Waals surface area contributed by atoms with Crippen molar-refractivity contribution in [2.75, 3.05) is 47.8 Å². The molecule has 0 amide bonds. The van der Waals surface area contributed by atoms with Gasteiger partial charge in [-0.3, -0.25) is 4.79 Å². The van der Waals surface area contributed by atoms with Crippen LogP contribution < -0.4 is 21.3 Å². The molecule has 4 saturated heterocycles. The van der Waals surface area contributed by atoms with Gasteiger partial charge in [-0.25, -0.2) is 0 Å². The maximum Gasteiger partial charge on any atom is 0.302 e. The second-order valence-corrected chi connectivity index (χ2v) is 22.6. The molecule has 0 bridgehead atoms. The number of methoxy groups -OCH3 is 3. The average Bonchev–Trinajstić information content (AvgIpc) is 2.99. The second kappa shape index (κ2) is 24.8. The van der Waals surface area contributed by atoms with E-state index in [0.717, 1.165) is 71.0 Å². The Bertz CT molecular complexity index is 1100. The molecular weight excluding hydrogens is 745 g/mol. The monoisotopic (exact) mass is 845 g/mol. The van der Waals surface area contributed by atoms with Crippen molar-refractivity contribution < 1.29 is 33.2 Å². The number of hydrogen-bond donors (Lipinski definition) is 4. The molecule has 11 nitrogen and oxygen atoms in total. The Balaban J connectivity index is 0.000000752. The number of carbonyl (C=O) groups is 1. The molecule has 4 rings (SSSR count). The van der Waals surface area contributed by atoms with Crippen LogP contribution >= 0.6 is 0 Å². The molecule has 0 radical (unpaired) electrons. The molecule has 59 heavy (non-hydrogen) atoms. The summed E-state index contributed by atoms with van der Waals surface area (Å²) in [5, 5.41) is 14.5. The summed E-state index contributed by atoms with van der Waals surface area (Å²) in [6.45, 7) is 43.9. The molecule has 4 N–H and O–H groups in total. The summed E-state index contributed by atoms with van der Waals surface area (Å²) < 4.78 is 32.5. The standard InChI is InChI=1S/C13H27NO2.C12H25NO2.C11H21NO2.C10H21NO.C2H6/c1-12(2)9-11(10-13(3,4)14-12)16-8-6-7-15-5;1-11(2)8-10(15-7-6-14-5)9-12(3,4)13-11;1-8(13)14-9-6-10(2,3)12-11(4,5)7-9;1-9(2)6-8(12-5)7-10(3,4)11-9;1-2/h11,14H,6-10H2,1-5H3;10,13H,6-9H2,1-5H3;9,12H,6-7H2,1-5H3;8,11H,6-7H2,1-5H3;1-2H3. The van der Waals surface area contributed by atoms with Crippen LogP contribution in [0.2, 0.25) is 0 Å². The van der Waals surface area contributed by atoms with Crippen LogP contribution in [0.15, 0.2) is 0 Å². The minimum atomic E-state index is -0.177. The van der Waals surface area contributed by atoms with E-state index in [1.54, 1.807) is 14.2 Å². The molecule has 0 atom stereocenters. The van der Waals surface area contributed by atoms with Crippen LogP contribution in [-0.2, 0) is 33.2 Å². The number of rotatable bonds is 11. The largest absolute Gasteiger partial charge is 0.462 e. The van der Waals surface area contributed by atoms with Gasteiger partial charge < -0.3 is 49.7 Å². The normalized spacial score (nSPS) is 25.2. The number of nitrogens with one attached hydrogen (secondary N) is 4. The zero-order valence-electron chi connectivity index (χ0n) is 42.9. The van der Waals surface area contributed by atoms with Crippen LogP contribution in [0.4, 0.5) is 0 Å². The summed E-state index contributed by atoms with van der Waals surface area (Å²) in [6.07, 6.45) is 10.5. The first kappa shape index (κ1) is 58.1. The Labute approximate surface area is 365 Å². The summed E-state index contributed by atoms with van der Waals surface area (Å²) in [5.74, 6) is -0.177. The zero-order valence-corrected chi connectivity index (χ0v) is 42.9. The Morgan fingerprint density at radius 1 is 0.424 bits per heavy atom. The lowest BCUT2D eigenvalue weighted by Gasteiger charge is -2.46. The highest BCUT2D eigenvalue weighted by Crippen LogP contribution is 2.33. The van der Waals surface area contributed by atoms with Crippen molar-refractivity contribution >= 4 is 5.97 Å². The third-order valence-corrected chi connectivity index (χ3v) is 10.8. The Hall–Kier alpha value is -0.890. The molecule has 354 valence electrons. The third-order valence-electron chi connectivity index (χ3n) is 10.8. The van der Waals surface area contributed by atoms with E-state index in [1.807, 2.05) is 21.0 Å². The predicted octanol–water partition coefficient (Wildman–Crippen LogP) is 9.13. The van der Waals surface area contributed by atoms with Gasteiger partial charge in [-0.2, -0.15) is 0 Å². The lowest BCUT2D eigenvalue weighted by atomic mass is 9.81.